The van der Waals surface area contributed by atoms with Gasteiger partial charge in [-0.2, -0.15) is 0 Å². The number of rotatable bonds is 3. The average Bonchev–Trinajstić information content (AvgIpc) is 3.06. The number of pyridine rings is 1. The maximum atomic E-state index is 14.1. The first-order valence-corrected chi connectivity index (χ1v) is 7.79. The van der Waals surface area contributed by atoms with E-state index in [1.807, 2.05) is 0 Å². The van der Waals surface area contributed by atoms with Crippen LogP contribution < -0.4 is 5.32 Å². The average molecular weight is 350 g/mol. The highest BCUT2D eigenvalue weighted by Crippen LogP contribution is 2.23. The summed E-state index contributed by atoms with van der Waals surface area (Å²) in [6.45, 7) is 0. The van der Waals surface area contributed by atoms with Gasteiger partial charge in [-0.15, -0.1) is 10.2 Å². The number of hydrogen-bond donors (Lipinski definition) is 1. The second kappa shape index (κ2) is 6.36. The quantitative estimate of drug-likeness (QED) is 0.609. The fraction of sp³-hybridized carbons (Fsp3) is 0. The van der Waals surface area contributed by atoms with E-state index in [0.717, 1.165) is 0 Å². The molecule has 0 unspecified atom stereocenters. The highest BCUT2D eigenvalue weighted by Gasteiger charge is 2.17. The first-order chi connectivity index (χ1) is 12.6. The van der Waals surface area contributed by atoms with Crippen molar-refractivity contribution in [2.75, 3.05) is 5.32 Å². The molecule has 26 heavy (non-hydrogen) atoms. The Kier molecular flexibility index (Phi) is 3.89. The largest absolute Gasteiger partial charge is 0.322 e. The zero-order valence-electron chi connectivity index (χ0n) is 13.4. The van der Waals surface area contributed by atoms with Crippen LogP contribution in [0.3, 0.4) is 0 Å². The number of amides is 1. The van der Waals surface area contributed by atoms with Gasteiger partial charge < -0.3 is 5.32 Å². The molecule has 0 atom stereocenters. The van der Waals surface area contributed by atoms with Gasteiger partial charge in [-0.1, -0.05) is 18.2 Å². The molecule has 4 aromatic rings. The lowest BCUT2D eigenvalue weighted by Crippen LogP contribution is -2.13. The summed E-state index contributed by atoms with van der Waals surface area (Å²) in [7, 11) is 0. The molecular weight excluding hydrogens is 338 g/mol. The Bertz CT molecular complexity index is 1120. The van der Waals surface area contributed by atoms with Gasteiger partial charge in [0.1, 0.15) is 11.6 Å². The van der Waals surface area contributed by atoms with Gasteiger partial charge in [0.05, 0.1) is 11.1 Å². The number of benzene rings is 2. The molecule has 2 aromatic heterocycles. The van der Waals surface area contributed by atoms with Crippen LogP contribution in [0.2, 0.25) is 0 Å². The Morgan fingerprint density at radius 3 is 2.62 bits per heavy atom. The van der Waals surface area contributed by atoms with Crippen LogP contribution in [-0.2, 0) is 0 Å². The maximum absolute atomic E-state index is 14.1. The third-order valence-electron chi connectivity index (χ3n) is 3.88. The molecule has 0 bridgehead atoms. The standard InChI is InChI=1S/C19H12F2N4O/c20-12-5-3-6-13(11-12)22-19(26)15-8-4-10-25-17(23-24-18(15)25)14-7-1-2-9-16(14)21/h1-11H,(H,22,26). The van der Waals surface area contributed by atoms with Gasteiger partial charge >= 0.3 is 0 Å². The van der Waals surface area contributed by atoms with Crippen molar-refractivity contribution in [1.29, 1.82) is 0 Å². The van der Waals surface area contributed by atoms with Crippen molar-refractivity contribution in [2.45, 2.75) is 0 Å². The maximum Gasteiger partial charge on any atom is 0.259 e. The van der Waals surface area contributed by atoms with E-state index in [4.69, 9.17) is 0 Å². The number of hydrogen-bond acceptors (Lipinski definition) is 3. The highest BCUT2D eigenvalue weighted by molar-refractivity contribution is 6.08. The van der Waals surface area contributed by atoms with E-state index in [0.29, 0.717) is 11.5 Å². The number of anilines is 1. The minimum absolute atomic E-state index is 0.242. The summed E-state index contributed by atoms with van der Waals surface area (Å²) in [5.41, 5.74) is 1.13. The molecule has 0 aliphatic heterocycles. The van der Waals surface area contributed by atoms with Crippen molar-refractivity contribution >= 4 is 17.2 Å². The van der Waals surface area contributed by atoms with E-state index in [1.165, 1.54) is 24.3 Å². The molecule has 7 heteroatoms. The Balaban J connectivity index is 1.75. The Labute approximate surface area is 146 Å². The van der Waals surface area contributed by atoms with Crippen molar-refractivity contribution in [2.24, 2.45) is 0 Å². The highest BCUT2D eigenvalue weighted by atomic mass is 19.1. The van der Waals surface area contributed by atoms with E-state index in [2.05, 4.69) is 15.5 Å². The Morgan fingerprint density at radius 1 is 0.962 bits per heavy atom. The summed E-state index contributed by atoms with van der Waals surface area (Å²) < 4.78 is 28.9. The van der Waals surface area contributed by atoms with Crippen molar-refractivity contribution < 1.29 is 13.6 Å². The van der Waals surface area contributed by atoms with E-state index < -0.39 is 17.5 Å². The molecule has 2 aromatic carbocycles. The van der Waals surface area contributed by atoms with Gasteiger partial charge in [-0.25, -0.2) is 8.78 Å². The molecule has 1 amide bonds. The fourth-order valence-corrected chi connectivity index (χ4v) is 2.68. The van der Waals surface area contributed by atoms with Gasteiger partial charge in [-0.3, -0.25) is 9.20 Å². The monoisotopic (exact) mass is 350 g/mol. The van der Waals surface area contributed by atoms with Crippen LogP contribution in [0, 0.1) is 11.6 Å². The van der Waals surface area contributed by atoms with Gasteiger partial charge in [0.25, 0.3) is 5.91 Å². The van der Waals surface area contributed by atoms with Crippen LogP contribution in [0.25, 0.3) is 17.0 Å². The minimum Gasteiger partial charge on any atom is -0.322 e. The lowest BCUT2D eigenvalue weighted by Gasteiger charge is -2.07. The third kappa shape index (κ3) is 2.79. The molecule has 128 valence electrons. The molecule has 0 saturated heterocycles. The van der Waals surface area contributed by atoms with Gasteiger partial charge in [0.2, 0.25) is 0 Å². The summed E-state index contributed by atoms with van der Waals surface area (Å²) in [5, 5.41) is 10.7. The Hall–Kier alpha value is -3.61. The SMILES string of the molecule is O=C(Nc1cccc(F)c1)c1cccn2c(-c3ccccc3F)nnc12. The minimum atomic E-state index is -0.464. The number of fused-ring (bicyclic) bond motifs is 1. The molecule has 0 saturated carbocycles. The number of carbonyl (C=O) groups excluding carboxylic acids is 1. The van der Waals surface area contributed by atoms with Crippen molar-refractivity contribution in [1.82, 2.24) is 14.6 Å². The van der Waals surface area contributed by atoms with Crippen LogP contribution in [-0.4, -0.2) is 20.5 Å². The fourth-order valence-electron chi connectivity index (χ4n) is 2.68. The summed E-state index contributed by atoms with van der Waals surface area (Å²) >= 11 is 0. The van der Waals surface area contributed by atoms with Gasteiger partial charge in [-0.05, 0) is 42.5 Å². The third-order valence-corrected chi connectivity index (χ3v) is 3.88. The molecule has 0 spiro atoms. The van der Waals surface area contributed by atoms with Crippen LogP contribution >= 0.6 is 0 Å². The molecule has 5 nitrogen and oxygen atoms in total. The van der Waals surface area contributed by atoms with Crippen LogP contribution in [0.5, 0.6) is 0 Å². The molecule has 2 heterocycles. The van der Waals surface area contributed by atoms with Crippen LogP contribution in [0.1, 0.15) is 10.4 Å². The first-order valence-electron chi connectivity index (χ1n) is 7.79. The zero-order valence-corrected chi connectivity index (χ0v) is 13.4. The van der Waals surface area contributed by atoms with Crippen molar-refractivity contribution in [3.05, 3.63) is 84.1 Å². The van der Waals surface area contributed by atoms with E-state index in [-0.39, 0.29) is 16.8 Å². The van der Waals surface area contributed by atoms with Crippen molar-refractivity contribution in [3.63, 3.8) is 0 Å². The smallest absolute Gasteiger partial charge is 0.259 e. The van der Waals surface area contributed by atoms with Crippen molar-refractivity contribution in [3.8, 4) is 11.4 Å². The molecule has 0 aliphatic rings. The number of halogens is 2. The molecule has 0 aliphatic carbocycles. The number of aromatic nitrogens is 3. The molecular formula is C19H12F2N4O. The molecule has 0 radical (unpaired) electrons. The zero-order chi connectivity index (χ0) is 18.1. The number of carbonyl (C=O) groups is 1. The topological polar surface area (TPSA) is 59.3 Å². The summed E-state index contributed by atoms with van der Waals surface area (Å²) in [6, 6.07) is 15.0. The number of nitrogens with one attached hydrogen (secondary N) is 1. The summed E-state index contributed by atoms with van der Waals surface area (Å²) in [4.78, 5) is 12.6. The number of nitrogens with zero attached hydrogens (tertiary/aromatic N) is 3. The van der Waals surface area contributed by atoms with Gasteiger partial charge in [0.15, 0.2) is 11.5 Å². The van der Waals surface area contributed by atoms with Crippen LogP contribution in [0.4, 0.5) is 14.5 Å². The second-order valence-electron chi connectivity index (χ2n) is 5.58. The molecule has 0 fully saturated rings. The second-order valence-corrected chi connectivity index (χ2v) is 5.58. The predicted molar refractivity (Wildman–Crippen MR) is 92.7 cm³/mol. The van der Waals surface area contributed by atoms with E-state index in [9.17, 15) is 13.6 Å². The lowest BCUT2D eigenvalue weighted by molar-refractivity contribution is 0.102. The molecule has 1 N–H and O–H groups in total. The van der Waals surface area contributed by atoms with Crippen LogP contribution in [0.15, 0.2) is 66.9 Å². The molecule has 4 rings (SSSR count). The van der Waals surface area contributed by atoms with E-state index >= 15 is 0 Å². The predicted octanol–water partition coefficient (Wildman–Crippen LogP) is 3.93. The van der Waals surface area contributed by atoms with E-state index in [1.54, 1.807) is 47.0 Å². The summed E-state index contributed by atoms with van der Waals surface area (Å²) in [6.07, 6.45) is 1.65. The normalized spacial score (nSPS) is 10.8. The first kappa shape index (κ1) is 15.9. The Morgan fingerprint density at radius 2 is 1.81 bits per heavy atom. The lowest BCUT2D eigenvalue weighted by atomic mass is 10.2. The van der Waals surface area contributed by atoms with Gasteiger partial charge in [0, 0.05) is 11.9 Å². The summed E-state index contributed by atoms with van der Waals surface area (Å²) in [5.74, 6) is -1.06.